The number of hydrogen-bond acceptors (Lipinski definition) is 4. The lowest BCUT2D eigenvalue weighted by Crippen LogP contribution is -2.08. The Hall–Kier alpha value is -1.75. The van der Waals surface area contributed by atoms with Gasteiger partial charge in [-0.25, -0.2) is 15.0 Å². The normalized spacial score (nSPS) is 12.7. The molecule has 5 heteroatoms. The van der Waals surface area contributed by atoms with E-state index in [1.807, 2.05) is 6.92 Å². The number of nitrogens with zero attached hydrogens (tertiary/aromatic N) is 3. The van der Waals surface area contributed by atoms with Crippen molar-refractivity contribution in [3.05, 3.63) is 30.4 Å². The average molecular weight is 189 g/mol. The first-order valence-electron chi connectivity index (χ1n) is 4.35. The lowest BCUT2D eigenvalue weighted by Gasteiger charge is -2.04. The Morgan fingerprint density at radius 3 is 2.86 bits per heavy atom. The zero-order chi connectivity index (χ0) is 9.97. The molecule has 2 heterocycles. The fourth-order valence-electron chi connectivity index (χ4n) is 1.13. The van der Waals surface area contributed by atoms with Gasteiger partial charge in [0.2, 0.25) is 0 Å². The van der Waals surface area contributed by atoms with Gasteiger partial charge in [0, 0.05) is 24.6 Å². The van der Waals surface area contributed by atoms with Crippen molar-refractivity contribution in [1.29, 1.82) is 0 Å². The minimum absolute atomic E-state index is 0.0910. The Morgan fingerprint density at radius 1 is 1.36 bits per heavy atom. The van der Waals surface area contributed by atoms with Crippen LogP contribution in [0.15, 0.2) is 24.7 Å². The predicted molar refractivity (Wildman–Crippen MR) is 52.2 cm³/mol. The summed E-state index contributed by atoms with van der Waals surface area (Å²) in [4.78, 5) is 15.4. The highest BCUT2D eigenvalue weighted by Gasteiger charge is 2.06. The lowest BCUT2D eigenvalue weighted by atomic mass is 10.2. The van der Waals surface area contributed by atoms with Crippen molar-refractivity contribution in [1.82, 2.24) is 19.9 Å². The summed E-state index contributed by atoms with van der Waals surface area (Å²) in [6.07, 6.45) is 5.08. The van der Waals surface area contributed by atoms with E-state index >= 15 is 0 Å². The highest BCUT2D eigenvalue weighted by atomic mass is 15.0. The molecule has 1 atom stereocenters. The number of nitrogens with one attached hydrogen (secondary N) is 1. The van der Waals surface area contributed by atoms with Crippen LogP contribution in [0.3, 0.4) is 0 Å². The molecule has 0 aliphatic heterocycles. The Labute approximate surface area is 81.4 Å². The first-order valence-corrected chi connectivity index (χ1v) is 4.35. The molecule has 3 N–H and O–H groups in total. The van der Waals surface area contributed by atoms with Crippen LogP contribution in [0, 0.1) is 0 Å². The van der Waals surface area contributed by atoms with E-state index in [1.165, 1.54) is 0 Å². The summed E-state index contributed by atoms with van der Waals surface area (Å²) >= 11 is 0. The van der Waals surface area contributed by atoms with Crippen molar-refractivity contribution in [3.8, 4) is 11.6 Å². The molecule has 0 amide bonds. The maximum Gasteiger partial charge on any atom is 0.195 e. The van der Waals surface area contributed by atoms with Gasteiger partial charge in [0.15, 0.2) is 11.6 Å². The molecule has 0 spiro atoms. The van der Waals surface area contributed by atoms with E-state index in [-0.39, 0.29) is 6.04 Å². The Balaban J connectivity index is 2.41. The van der Waals surface area contributed by atoms with Gasteiger partial charge in [-0.2, -0.15) is 0 Å². The molecule has 0 saturated heterocycles. The molecule has 0 aliphatic rings. The third kappa shape index (κ3) is 1.62. The maximum absolute atomic E-state index is 5.72. The molecule has 2 rings (SSSR count). The van der Waals surface area contributed by atoms with E-state index in [4.69, 9.17) is 5.73 Å². The van der Waals surface area contributed by atoms with Crippen LogP contribution in [0.2, 0.25) is 0 Å². The molecule has 2 aromatic rings. The summed E-state index contributed by atoms with van der Waals surface area (Å²) in [5, 5.41) is 0. The summed E-state index contributed by atoms with van der Waals surface area (Å²) in [5.74, 6) is 1.23. The van der Waals surface area contributed by atoms with Crippen LogP contribution in [-0.4, -0.2) is 19.9 Å². The highest BCUT2D eigenvalue weighted by Crippen LogP contribution is 2.11. The fourth-order valence-corrected chi connectivity index (χ4v) is 1.13. The summed E-state index contributed by atoms with van der Waals surface area (Å²) in [5.41, 5.74) is 6.53. The quantitative estimate of drug-likeness (QED) is 0.735. The zero-order valence-corrected chi connectivity index (χ0v) is 7.81. The monoisotopic (exact) mass is 189 g/mol. The van der Waals surface area contributed by atoms with Gasteiger partial charge in [-0.15, -0.1) is 0 Å². The number of hydrogen-bond donors (Lipinski definition) is 2. The molecule has 1 unspecified atom stereocenters. The van der Waals surface area contributed by atoms with E-state index in [0.717, 1.165) is 5.69 Å². The van der Waals surface area contributed by atoms with Crippen LogP contribution in [0.4, 0.5) is 0 Å². The van der Waals surface area contributed by atoms with Gasteiger partial charge in [-0.3, -0.25) is 0 Å². The second kappa shape index (κ2) is 3.55. The van der Waals surface area contributed by atoms with Crippen molar-refractivity contribution in [2.24, 2.45) is 5.73 Å². The molecule has 0 aliphatic carbocycles. The molecular formula is C9H11N5. The molecule has 5 nitrogen and oxygen atoms in total. The third-order valence-corrected chi connectivity index (χ3v) is 1.85. The molecule has 0 radical (unpaired) electrons. The summed E-state index contributed by atoms with van der Waals surface area (Å²) in [6.45, 7) is 1.88. The van der Waals surface area contributed by atoms with Gasteiger partial charge >= 0.3 is 0 Å². The molecule has 0 bridgehead atoms. The zero-order valence-electron chi connectivity index (χ0n) is 7.81. The Kier molecular flexibility index (Phi) is 2.24. The Morgan fingerprint density at radius 2 is 2.21 bits per heavy atom. The van der Waals surface area contributed by atoms with Crippen LogP contribution in [-0.2, 0) is 0 Å². The fraction of sp³-hybridized carbons (Fsp3) is 0.222. The molecule has 72 valence electrons. The Bertz CT molecular complexity index is 407. The van der Waals surface area contributed by atoms with Crippen molar-refractivity contribution in [2.75, 3.05) is 0 Å². The average Bonchev–Trinajstić information content (AvgIpc) is 2.71. The van der Waals surface area contributed by atoms with Crippen LogP contribution in [0.5, 0.6) is 0 Å². The van der Waals surface area contributed by atoms with E-state index in [0.29, 0.717) is 11.6 Å². The maximum atomic E-state index is 5.72. The molecule has 2 aromatic heterocycles. The van der Waals surface area contributed by atoms with Gasteiger partial charge in [0.25, 0.3) is 0 Å². The van der Waals surface area contributed by atoms with E-state index in [9.17, 15) is 0 Å². The van der Waals surface area contributed by atoms with Crippen LogP contribution >= 0.6 is 0 Å². The van der Waals surface area contributed by atoms with Crippen molar-refractivity contribution < 1.29 is 0 Å². The van der Waals surface area contributed by atoms with Crippen LogP contribution in [0.25, 0.3) is 11.6 Å². The van der Waals surface area contributed by atoms with Crippen molar-refractivity contribution in [2.45, 2.75) is 13.0 Å². The SMILES string of the molecule is CC(N)c1ccnc(-c2ncc[nH]2)n1. The molecule has 14 heavy (non-hydrogen) atoms. The molecular weight excluding hydrogens is 178 g/mol. The minimum atomic E-state index is -0.0910. The summed E-state index contributed by atoms with van der Waals surface area (Å²) in [7, 11) is 0. The number of imidazole rings is 1. The van der Waals surface area contributed by atoms with E-state index < -0.39 is 0 Å². The second-order valence-corrected chi connectivity index (χ2v) is 3.03. The largest absolute Gasteiger partial charge is 0.342 e. The number of H-pyrrole nitrogens is 1. The predicted octanol–water partition coefficient (Wildman–Crippen LogP) is 0.886. The number of nitrogens with two attached hydrogens (primary N) is 1. The summed E-state index contributed by atoms with van der Waals surface area (Å²) in [6, 6.07) is 1.71. The number of aromatic nitrogens is 4. The van der Waals surface area contributed by atoms with Crippen molar-refractivity contribution >= 4 is 0 Å². The number of rotatable bonds is 2. The van der Waals surface area contributed by atoms with Gasteiger partial charge in [0.1, 0.15) is 0 Å². The van der Waals surface area contributed by atoms with E-state index in [1.54, 1.807) is 24.7 Å². The third-order valence-electron chi connectivity index (χ3n) is 1.85. The lowest BCUT2D eigenvalue weighted by molar-refractivity contribution is 0.775. The van der Waals surface area contributed by atoms with Gasteiger partial charge in [-0.05, 0) is 13.0 Å². The topological polar surface area (TPSA) is 80.5 Å². The van der Waals surface area contributed by atoms with Crippen LogP contribution in [0.1, 0.15) is 18.7 Å². The van der Waals surface area contributed by atoms with Gasteiger partial charge < -0.3 is 10.7 Å². The minimum Gasteiger partial charge on any atom is -0.342 e. The van der Waals surface area contributed by atoms with Gasteiger partial charge in [-0.1, -0.05) is 0 Å². The van der Waals surface area contributed by atoms with Crippen LogP contribution < -0.4 is 5.73 Å². The molecule has 0 fully saturated rings. The molecule has 0 aromatic carbocycles. The first-order chi connectivity index (χ1) is 6.77. The van der Waals surface area contributed by atoms with Gasteiger partial charge in [0.05, 0.1) is 5.69 Å². The second-order valence-electron chi connectivity index (χ2n) is 3.03. The number of aromatic amines is 1. The summed E-state index contributed by atoms with van der Waals surface area (Å²) < 4.78 is 0. The highest BCUT2D eigenvalue weighted by molar-refractivity contribution is 5.42. The smallest absolute Gasteiger partial charge is 0.195 e. The van der Waals surface area contributed by atoms with Crippen molar-refractivity contribution in [3.63, 3.8) is 0 Å². The van der Waals surface area contributed by atoms with E-state index in [2.05, 4.69) is 19.9 Å². The standard InChI is InChI=1S/C9H11N5/c1-6(10)7-2-3-11-9(14-7)8-12-4-5-13-8/h2-6H,10H2,1H3,(H,12,13). The first kappa shape index (κ1) is 8.83. The molecule has 0 saturated carbocycles.